The van der Waals surface area contributed by atoms with Gasteiger partial charge in [-0.05, 0) is 18.6 Å². The molecule has 21 heavy (non-hydrogen) atoms. The maximum atomic E-state index is 12.1. The van der Waals surface area contributed by atoms with Crippen molar-refractivity contribution in [1.82, 2.24) is 10.6 Å². The summed E-state index contributed by atoms with van der Waals surface area (Å²) in [5, 5.41) is 15.4. The third kappa shape index (κ3) is 3.56. The molecule has 0 spiro atoms. The molecule has 1 aromatic carbocycles. The highest BCUT2D eigenvalue weighted by Gasteiger charge is 2.28. The number of benzene rings is 1. The molecule has 4 N–H and O–H groups in total. The van der Waals surface area contributed by atoms with Crippen LogP contribution in [0.5, 0.6) is 0 Å². The van der Waals surface area contributed by atoms with Gasteiger partial charge in [0, 0.05) is 6.42 Å². The largest absolute Gasteiger partial charge is 0.465 e. The van der Waals surface area contributed by atoms with Crippen LogP contribution in [0.4, 0.5) is 10.5 Å². The van der Waals surface area contributed by atoms with E-state index in [0.29, 0.717) is 0 Å². The van der Waals surface area contributed by atoms with Gasteiger partial charge in [-0.3, -0.25) is 25.0 Å². The third-order valence-corrected chi connectivity index (χ3v) is 2.96. The Bertz CT molecular complexity index is 614. The van der Waals surface area contributed by atoms with Crippen LogP contribution in [0, 0.1) is 0 Å². The SMILES string of the molecule is O=C(O)Nc1ccccc1C(=O)NC1CCC(=O)NC1=O. The zero-order valence-corrected chi connectivity index (χ0v) is 10.9. The quantitative estimate of drug-likeness (QED) is 0.597. The Morgan fingerprint density at radius 3 is 2.62 bits per heavy atom. The minimum atomic E-state index is -1.30. The van der Waals surface area contributed by atoms with Crippen LogP contribution in [0.1, 0.15) is 23.2 Å². The highest BCUT2D eigenvalue weighted by molar-refractivity contribution is 6.06. The molecule has 1 aliphatic heterocycles. The number of anilines is 1. The van der Waals surface area contributed by atoms with Crippen LogP contribution in [0.3, 0.4) is 0 Å². The summed E-state index contributed by atoms with van der Waals surface area (Å²) in [5.41, 5.74) is 0.222. The summed E-state index contributed by atoms with van der Waals surface area (Å²) in [4.78, 5) is 45.4. The Labute approximate surface area is 119 Å². The number of para-hydroxylation sites is 1. The van der Waals surface area contributed by atoms with Gasteiger partial charge in [0.2, 0.25) is 11.8 Å². The number of carbonyl (C=O) groups excluding carboxylic acids is 3. The fourth-order valence-electron chi connectivity index (χ4n) is 1.97. The molecular weight excluding hydrogens is 278 g/mol. The number of carbonyl (C=O) groups is 4. The molecule has 4 amide bonds. The molecule has 0 saturated carbocycles. The molecule has 0 aromatic heterocycles. The van der Waals surface area contributed by atoms with Crippen molar-refractivity contribution < 1.29 is 24.3 Å². The molecule has 1 aliphatic rings. The lowest BCUT2D eigenvalue weighted by Crippen LogP contribution is -2.52. The zero-order valence-electron chi connectivity index (χ0n) is 10.9. The summed E-state index contributed by atoms with van der Waals surface area (Å²) in [6, 6.07) is 5.22. The molecule has 1 heterocycles. The van der Waals surface area contributed by atoms with Crippen molar-refractivity contribution in [3.8, 4) is 0 Å². The first-order valence-corrected chi connectivity index (χ1v) is 6.21. The summed E-state index contributed by atoms with van der Waals surface area (Å²) in [7, 11) is 0. The Morgan fingerprint density at radius 2 is 1.95 bits per heavy atom. The number of amides is 4. The van der Waals surface area contributed by atoms with Gasteiger partial charge < -0.3 is 10.4 Å². The maximum Gasteiger partial charge on any atom is 0.409 e. The molecule has 110 valence electrons. The van der Waals surface area contributed by atoms with Gasteiger partial charge in [-0.1, -0.05) is 12.1 Å². The van der Waals surface area contributed by atoms with Gasteiger partial charge in [-0.2, -0.15) is 0 Å². The van der Waals surface area contributed by atoms with Crippen molar-refractivity contribution in [2.75, 3.05) is 5.32 Å². The van der Waals surface area contributed by atoms with Gasteiger partial charge in [0.1, 0.15) is 6.04 Å². The van der Waals surface area contributed by atoms with Crippen LogP contribution in [0.25, 0.3) is 0 Å². The fraction of sp³-hybridized carbons (Fsp3) is 0.231. The predicted octanol–water partition coefficient (Wildman–Crippen LogP) is 0.311. The Balaban J connectivity index is 2.12. The molecule has 0 bridgehead atoms. The lowest BCUT2D eigenvalue weighted by Gasteiger charge is -2.22. The van der Waals surface area contributed by atoms with Crippen molar-refractivity contribution in [1.29, 1.82) is 0 Å². The average Bonchev–Trinajstić information content (AvgIpc) is 2.42. The molecule has 8 nitrogen and oxygen atoms in total. The van der Waals surface area contributed by atoms with Crippen molar-refractivity contribution >= 4 is 29.5 Å². The highest BCUT2D eigenvalue weighted by atomic mass is 16.4. The molecule has 1 fully saturated rings. The van der Waals surface area contributed by atoms with E-state index in [2.05, 4.69) is 16.0 Å². The van der Waals surface area contributed by atoms with Crippen LogP contribution < -0.4 is 16.0 Å². The number of hydrogen-bond acceptors (Lipinski definition) is 4. The number of nitrogens with one attached hydrogen (secondary N) is 3. The summed E-state index contributed by atoms with van der Waals surface area (Å²) in [6.07, 6.45) is -0.937. The lowest BCUT2D eigenvalue weighted by atomic mass is 10.1. The number of piperidine rings is 1. The molecule has 1 saturated heterocycles. The van der Waals surface area contributed by atoms with E-state index >= 15 is 0 Å². The molecule has 8 heteroatoms. The van der Waals surface area contributed by atoms with Gasteiger partial charge in [0.05, 0.1) is 11.3 Å². The number of rotatable bonds is 3. The number of hydrogen-bond donors (Lipinski definition) is 4. The fourth-order valence-corrected chi connectivity index (χ4v) is 1.97. The van der Waals surface area contributed by atoms with Crippen LogP contribution in [0.2, 0.25) is 0 Å². The normalized spacial score (nSPS) is 17.8. The van der Waals surface area contributed by atoms with E-state index in [4.69, 9.17) is 5.11 Å². The molecule has 1 unspecified atom stereocenters. The van der Waals surface area contributed by atoms with Gasteiger partial charge in [0.25, 0.3) is 5.91 Å². The minimum absolute atomic E-state index is 0.101. The minimum Gasteiger partial charge on any atom is -0.465 e. The van der Waals surface area contributed by atoms with Crippen LogP contribution in [-0.2, 0) is 9.59 Å². The van der Waals surface area contributed by atoms with E-state index in [9.17, 15) is 19.2 Å². The van der Waals surface area contributed by atoms with E-state index < -0.39 is 23.9 Å². The Hall–Kier alpha value is -2.90. The Kier molecular flexibility index (Phi) is 4.17. The van der Waals surface area contributed by atoms with Crippen molar-refractivity contribution in [2.24, 2.45) is 0 Å². The highest BCUT2D eigenvalue weighted by Crippen LogP contribution is 2.15. The molecular formula is C13H13N3O5. The van der Waals surface area contributed by atoms with Gasteiger partial charge in [-0.25, -0.2) is 4.79 Å². The van der Waals surface area contributed by atoms with Crippen molar-refractivity contribution in [3.63, 3.8) is 0 Å². The average molecular weight is 291 g/mol. The summed E-state index contributed by atoms with van der Waals surface area (Å²) in [5.74, 6) is -1.53. The standard InChI is InChI=1S/C13H13N3O5/c17-10-6-5-9(12(19)16-10)14-11(18)7-3-1-2-4-8(7)15-13(20)21/h1-4,9,15H,5-6H2,(H,14,18)(H,20,21)(H,16,17,19). The second kappa shape index (κ2) is 6.04. The van der Waals surface area contributed by atoms with Gasteiger partial charge in [-0.15, -0.1) is 0 Å². The predicted molar refractivity (Wildman–Crippen MR) is 71.7 cm³/mol. The first-order valence-electron chi connectivity index (χ1n) is 6.21. The van der Waals surface area contributed by atoms with Crippen molar-refractivity contribution in [3.05, 3.63) is 29.8 Å². The summed E-state index contributed by atoms with van der Waals surface area (Å²) in [6.45, 7) is 0. The van der Waals surface area contributed by atoms with Gasteiger partial charge in [0.15, 0.2) is 0 Å². The van der Waals surface area contributed by atoms with Gasteiger partial charge >= 0.3 is 6.09 Å². The molecule has 1 aromatic rings. The van der Waals surface area contributed by atoms with E-state index in [1.165, 1.54) is 12.1 Å². The molecule has 1 atom stereocenters. The summed E-state index contributed by atoms with van der Waals surface area (Å²) < 4.78 is 0. The van der Waals surface area contributed by atoms with E-state index in [1.807, 2.05) is 0 Å². The zero-order chi connectivity index (χ0) is 15.4. The number of carboxylic acid groups (broad SMARTS) is 1. The monoisotopic (exact) mass is 291 g/mol. The number of imide groups is 1. The van der Waals surface area contributed by atoms with E-state index in [1.54, 1.807) is 12.1 Å². The van der Waals surface area contributed by atoms with E-state index in [0.717, 1.165) is 0 Å². The lowest BCUT2D eigenvalue weighted by molar-refractivity contribution is -0.134. The first-order chi connectivity index (χ1) is 9.97. The third-order valence-electron chi connectivity index (χ3n) is 2.96. The molecule has 2 rings (SSSR count). The Morgan fingerprint density at radius 1 is 1.24 bits per heavy atom. The van der Waals surface area contributed by atoms with Crippen LogP contribution in [-0.4, -0.2) is 35.0 Å². The first kappa shape index (κ1) is 14.5. The van der Waals surface area contributed by atoms with Crippen LogP contribution in [0.15, 0.2) is 24.3 Å². The maximum absolute atomic E-state index is 12.1. The smallest absolute Gasteiger partial charge is 0.409 e. The molecule has 0 aliphatic carbocycles. The molecule has 0 radical (unpaired) electrons. The van der Waals surface area contributed by atoms with E-state index in [-0.39, 0.29) is 30.0 Å². The summed E-state index contributed by atoms with van der Waals surface area (Å²) >= 11 is 0. The van der Waals surface area contributed by atoms with Crippen LogP contribution >= 0.6 is 0 Å². The topological polar surface area (TPSA) is 125 Å². The second-order valence-electron chi connectivity index (χ2n) is 4.45. The van der Waals surface area contributed by atoms with Crippen molar-refractivity contribution in [2.45, 2.75) is 18.9 Å². The second-order valence-corrected chi connectivity index (χ2v) is 4.45.